The van der Waals surface area contributed by atoms with Gasteiger partial charge >= 0.3 is 0 Å². The standard InChI is InChI=1S/C14H14ClN5/c1-9-6-4-5-7-11(9)19(3)13-10(2)12(15)18-14-16-8-17-20(13)14/h4-8H,1-3H3. The van der Waals surface area contributed by atoms with E-state index in [4.69, 9.17) is 11.6 Å². The SMILES string of the molecule is Cc1ccccc1N(C)c1c(C)c(Cl)nc2ncnn12. The molecule has 1 aromatic carbocycles. The van der Waals surface area contributed by atoms with Gasteiger partial charge < -0.3 is 4.90 Å². The van der Waals surface area contributed by atoms with E-state index in [1.165, 1.54) is 11.9 Å². The molecular weight excluding hydrogens is 274 g/mol. The normalized spacial score (nSPS) is 11.0. The molecule has 102 valence electrons. The first-order valence-electron chi connectivity index (χ1n) is 6.25. The second-order valence-electron chi connectivity index (χ2n) is 4.67. The highest BCUT2D eigenvalue weighted by atomic mass is 35.5. The van der Waals surface area contributed by atoms with E-state index in [0.717, 1.165) is 17.1 Å². The first-order valence-corrected chi connectivity index (χ1v) is 6.62. The zero-order chi connectivity index (χ0) is 14.3. The predicted molar refractivity (Wildman–Crippen MR) is 79.8 cm³/mol. The van der Waals surface area contributed by atoms with Crippen molar-refractivity contribution in [1.82, 2.24) is 19.6 Å². The lowest BCUT2D eigenvalue weighted by Gasteiger charge is -2.23. The van der Waals surface area contributed by atoms with Gasteiger partial charge in [-0.25, -0.2) is 0 Å². The maximum absolute atomic E-state index is 6.20. The van der Waals surface area contributed by atoms with E-state index < -0.39 is 0 Å². The van der Waals surface area contributed by atoms with Gasteiger partial charge in [0.05, 0.1) is 0 Å². The van der Waals surface area contributed by atoms with Gasteiger partial charge in [-0.2, -0.15) is 19.6 Å². The molecule has 3 rings (SSSR count). The molecule has 20 heavy (non-hydrogen) atoms. The van der Waals surface area contributed by atoms with Gasteiger partial charge in [0.1, 0.15) is 17.3 Å². The van der Waals surface area contributed by atoms with E-state index in [9.17, 15) is 0 Å². The molecule has 0 unspecified atom stereocenters. The summed E-state index contributed by atoms with van der Waals surface area (Å²) in [6.07, 6.45) is 1.48. The van der Waals surface area contributed by atoms with Crippen molar-refractivity contribution in [3.8, 4) is 0 Å². The van der Waals surface area contributed by atoms with Gasteiger partial charge in [0.2, 0.25) is 0 Å². The van der Waals surface area contributed by atoms with Gasteiger partial charge in [-0.05, 0) is 25.5 Å². The van der Waals surface area contributed by atoms with Crippen molar-refractivity contribution in [1.29, 1.82) is 0 Å². The Morgan fingerprint density at radius 2 is 1.95 bits per heavy atom. The summed E-state index contributed by atoms with van der Waals surface area (Å²) in [4.78, 5) is 10.4. The summed E-state index contributed by atoms with van der Waals surface area (Å²) in [5, 5.41) is 4.68. The van der Waals surface area contributed by atoms with E-state index in [1.807, 2.05) is 26.1 Å². The number of rotatable bonds is 2. The number of hydrogen-bond acceptors (Lipinski definition) is 4. The average Bonchev–Trinajstić information content (AvgIpc) is 2.87. The van der Waals surface area contributed by atoms with Crippen molar-refractivity contribution in [3.05, 3.63) is 46.9 Å². The van der Waals surface area contributed by atoms with E-state index in [1.54, 1.807) is 4.52 Å². The van der Waals surface area contributed by atoms with E-state index in [-0.39, 0.29) is 0 Å². The number of hydrogen-bond donors (Lipinski definition) is 0. The number of anilines is 2. The van der Waals surface area contributed by atoms with Gasteiger partial charge in [-0.3, -0.25) is 0 Å². The second kappa shape index (κ2) is 4.76. The molecule has 0 spiro atoms. The first kappa shape index (κ1) is 12.9. The largest absolute Gasteiger partial charge is 0.329 e. The van der Waals surface area contributed by atoms with Gasteiger partial charge in [-0.15, -0.1) is 0 Å². The Kier molecular flexibility index (Phi) is 3.06. The number of para-hydroxylation sites is 1. The predicted octanol–water partition coefficient (Wildman–Crippen LogP) is 3.16. The third-order valence-electron chi connectivity index (χ3n) is 3.37. The highest BCUT2D eigenvalue weighted by molar-refractivity contribution is 6.30. The maximum atomic E-state index is 6.20. The van der Waals surface area contributed by atoms with Crippen LogP contribution in [0.15, 0.2) is 30.6 Å². The second-order valence-corrected chi connectivity index (χ2v) is 5.03. The van der Waals surface area contributed by atoms with Crippen molar-refractivity contribution in [2.75, 3.05) is 11.9 Å². The van der Waals surface area contributed by atoms with Crippen LogP contribution in [0.4, 0.5) is 11.5 Å². The van der Waals surface area contributed by atoms with Gasteiger partial charge in [-0.1, -0.05) is 29.8 Å². The highest BCUT2D eigenvalue weighted by Crippen LogP contribution is 2.31. The quantitative estimate of drug-likeness (QED) is 0.679. The average molecular weight is 288 g/mol. The summed E-state index contributed by atoms with van der Waals surface area (Å²) >= 11 is 6.20. The van der Waals surface area contributed by atoms with Crippen LogP contribution in [0.25, 0.3) is 5.78 Å². The molecule has 2 heterocycles. The molecular formula is C14H14ClN5. The Morgan fingerprint density at radius 3 is 2.70 bits per heavy atom. The summed E-state index contributed by atoms with van der Waals surface area (Å²) in [5.41, 5.74) is 3.14. The molecule has 0 fully saturated rings. The Hall–Kier alpha value is -2.14. The number of aryl methyl sites for hydroxylation is 1. The van der Waals surface area contributed by atoms with Gasteiger partial charge in [0.15, 0.2) is 0 Å². The van der Waals surface area contributed by atoms with Crippen LogP contribution in [0.3, 0.4) is 0 Å². The molecule has 0 aliphatic rings. The molecule has 0 aliphatic carbocycles. The molecule has 0 saturated carbocycles. The minimum absolute atomic E-state index is 0.445. The van der Waals surface area contributed by atoms with Gasteiger partial charge in [0, 0.05) is 18.3 Å². The van der Waals surface area contributed by atoms with Crippen LogP contribution in [0.5, 0.6) is 0 Å². The van der Waals surface area contributed by atoms with Crippen molar-refractivity contribution in [2.24, 2.45) is 0 Å². The number of fused-ring (bicyclic) bond motifs is 1. The van der Waals surface area contributed by atoms with Crippen molar-refractivity contribution >= 4 is 28.9 Å². The molecule has 0 atom stereocenters. The smallest absolute Gasteiger partial charge is 0.255 e. The van der Waals surface area contributed by atoms with Crippen LogP contribution < -0.4 is 4.90 Å². The lowest BCUT2D eigenvalue weighted by atomic mass is 10.2. The third kappa shape index (κ3) is 1.91. The Balaban J connectivity index is 2.26. The summed E-state index contributed by atoms with van der Waals surface area (Å²) in [6.45, 7) is 4.00. The number of nitrogens with zero attached hydrogens (tertiary/aromatic N) is 5. The third-order valence-corrected chi connectivity index (χ3v) is 3.74. The van der Waals surface area contributed by atoms with Crippen LogP contribution in [0.1, 0.15) is 11.1 Å². The molecule has 0 N–H and O–H groups in total. The minimum atomic E-state index is 0.445. The molecule has 0 saturated heterocycles. The fourth-order valence-corrected chi connectivity index (χ4v) is 2.49. The van der Waals surface area contributed by atoms with Crippen molar-refractivity contribution in [2.45, 2.75) is 13.8 Å². The number of halogens is 1. The molecule has 0 radical (unpaired) electrons. The molecule has 0 amide bonds. The Bertz CT molecular complexity index is 780. The Morgan fingerprint density at radius 1 is 1.20 bits per heavy atom. The summed E-state index contributed by atoms with van der Waals surface area (Å²) in [6, 6.07) is 8.16. The van der Waals surface area contributed by atoms with Crippen LogP contribution in [0, 0.1) is 13.8 Å². The summed E-state index contributed by atoms with van der Waals surface area (Å²) < 4.78 is 1.70. The first-order chi connectivity index (χ1) is 9.59. The molecule has 2 aromatic heterocycles. The van der Waals surface area contributed by atoms with E-state index in [0.29, 0.717) is 10.9 Å². The lowest BCUT2D eigenvalue weighted by molar-refractivity contribution is 0.899. The van der Waals surface area contributed by atoms with Gasteiger partial charge in [0.25, 0.3) is 5.78 Å². The minimum Gasteiger partial charge on any atom is -0.329 e. The molecule has 0 bridgehead atoms. The topological polar surface area (TPSA) is 46.3 Å². The molecule has 0 aliphatic heterocycles. The van der Waals surface area contributed by atoms with Crippen LogP contribution in [0.2, 0.25) is 5.15 Å². The fourth-order valence-electron chi connectivity index (χ4n) is 2.33. The van der Waals surface area contributed by atoms with Crippen molar-refractivity contribution in [3.63, 3.8) is 0 Å². The Labute approximate surface area is 121 Å². The molecule has 3 aromatic rings. The van der Waals surface area contributed by atoms with Crippen molar-refractivity contribution < 1.29 is 0 Å². The van der Waals surface area contributed by atoms with Crippen LogP contribution in [-0.4, -0.2) is 26.6 Å². The fraction of sp³-hybridized carbons (Fsp3) is 0.214. The van der Waals surface area contributed by atoms with E-state index >= 15 is 0 Å². The maximum Gasteiger partial charge on any atom is 0.255 e. The van der Waals surface area contributed by atoms with E-state index in [2.05, 4.69) is 39.0 Å². The molecule has 6 heteroatoms. The van der Waals surface area contributed by atoms with Crippen LogP contribution >= 0.6 is 11.6 Å². The zero-order valence-electron chi connectivity index (χ0n) is 11.5. The monoisotopic (exact) mass is 287 g/mol. The van der Waals surface area contributed by atoms with Crippen LogP contribution in [-0.2, 0) is 0 Å². The summed E-state index contributed by atoms with van der Waals surface area (Å²) in [7, 11) is 1.99. The number of benzene rings is 1. The molecule has 5 nitrogen and oxygen atoms in total. The zero-order valence-corrected chi connectivity index (χ0v) is 12.3. The number of aromatic nitrogens is 4. The highest BCUT2D eigenvalue weighted by Gasteiger charge is 2.17. The summed E-state index contributed by atoms with van der Waals surface area (Å²) in [5.74, 6) is 1.36. The lowest BCUT2D eigenvalue weighted by Crippen LogP contribution is -2.17.